The first-order chi connectivity index (χ1) is 7.97. The number of nitrogens with one attached hydrogen (secondary N) is 1. The molecule has 5 heteroatoms. The number of nitrogens with zero attached hydrogens (tertiary/aromatic N) is 1. The fraction of sp³-hybridized carbons (Fsp3) is 0.833. The van der Waals surface area contributed by atoms with Crippen molar-refractivity contribution in [3.8, 4) is 0 Å². The molecule has 0 fully saturated rings. The smallest absolute Gasteiger partial charge is 0.307 e. The van der Waals surface area contributed by atoms with Gasteiger partial charge in [-0.05, 0) is 25.9 Å². The van der Waals surface area contributed by atoms with Gasteiger partial charge in [0.2, 0.25) is 5.91 Å². The average Bonchev–Trinajstić information content (AvgIpc) is 2.23. The lowest BCUT2D eigenvalue weighted by Gasteiger charge is -2.23. The van der Waals surface area contributed by atoms with Gasteiger partial charge in [0, 0.05) is 20.0 Å². The summed E-state index contributed by atoms with van der Waals surface area (Å²) in [6, 6.07) is 0. The summed E-state index contributed by atoms with van der Waals surface area (Å²) in [5.74, 6) is -1.12. The van der Waals surface area contributed by atoms with Gasteiger partial charge in [0.25, 0.3) is 0 Å². The first-order valence-corrected chi connectivity index (χ1v) is 6.17. The first kappa shape index (κ1) is 15.9. The maximum atomic E-state index is 10.8. The van der Waals surface area contributed by atoms with E-state index in [0.717, 1.165) is 25.9 Å². The minimum atomic E-state index is -0.757. The molecule has 0 spiro atoms. The summed E-state index contributed by atoms with van der Waals surface area (Å²) in [4.78, 5) is 23.6. The van der Waals surface area contributed by atoms with Gasteiger partial charge in [-0.3, -0.25) is 9.59 Å². The molecule has 0 aromatic carbocycles. The fourth-order valence-corrected chi connectivity index (χ4v) is 1.64. The first-order valence-electron chi connectivity index (χ1n) is 6.17. The molecule has 17 heavy (non-hydrogen) atoms. The third-order valence-electron chi connectivity index (χ3n) is 2.52. The summed E-state index contributed by atoms with van der Waals surface area (Å²) in [6.07, 6.45) is 1.86. The topological polar surface area (TPSA) is 69.6 Å². The molecule has 100 valence electrons. The Morgan fingerprint density at radius 2 is 2.00 bits per heavy atom. The number of hydrogen-bond acceptors (Lipinski definition) is 3. The number of rotatable bonds is 9. The summed E-state index contributed by atoms with van der Waals surface area (Å²) in [5, 5.41) is 11.6. The number of hydrogen-bond donors (Lipinski definition) is 2. The van der Waals surface area contributed by atoms with Crippen molar-refractivity contribution < 1.29 is 14.7 Å². The molecule has 0 aromatic heterocycles. The predicted molar refractivity (Wildman–Crippen MR) is 66.8 cm³/mol. The maximum Gasteiger partial charge on any atom is 0.307 e. The minimum Gasteiger partial charge on any atom is -0.481 e. The van der Waals surface area contributed by atoms with Crippen LogP contribution in [0.2, 0.25) is 0 Å². The number of amides is 1. The Hall–Kier alpha value is -1.10. The van der Waals surface area contributed by atoms with Crippen LogP contribution < -0.4 is 5.32 Å². The van der Waals surface area contributed by atoms with E-state index in [2.05, 4.69) is 17.1 Å². The molecule has 2 N–H and O–H groups in total. The Kier molecular flexibility index (Phi) is 8.40. The Morgan fingerprint density at radius 3 is 2.47 bits per heavy atom. The van der Waals surface area contributed by atoms with Crippen LogP contribution in [0.4, 0.5) is 0 Å². The minimum absolute atomic E-state index is 0.0223. The highest BCUT2D eigenvalue weighted by Crippen LogP contribution is 2.02. The van der Waals surface area contributed by atoms with Gasteiger partial charge in [-0.2, -0.15) is 0 Å². The number of carbonyl (C=O) groups is 2. The van der Waals surface area contributed by atoms with E-state index in [-0.39, 0.29) is 11.8 Å². The molecule has 0 saturated heterocycles. The van der Waals surface area contributed by atoms with Crippen molar-refractivity contribution in [1.29, 1.82) is 0 Å². The number of aliphatic carboxylic acids is 1. The van der Waals surface area contributed by atoms with Gasteiger partial charge in [0.05, 0.1) is 5.92 Å². The molecule has 0 bridgehead atoms. The second-order valence-electron chi connectivity index (χ2n) is 4.38. The number of carbonyl (C=O) groups excluding carboxylic acids is 1. The van der Waals surface area contributed by atoms with Crippen molar-refractivity contribution in [2.45, 2.75) is 33.6 Å². The zero-order chi connectivity index (χ0) is 13.3. The lowest BCUT2D eigenvalue weighted by atomic mass is 10.1. The van der Waals surface area contributed by atoms with Gasteiger partial charge in [0.15, 0.2) is 0 Å². The second kappa shape index (κ2) is 8.98. The monoisotopic (exact) mass is 244 g/mol. The van der Waals surface area contributed by atoms with Crippen LogP contribution in [0.3, 0.4) is 0 Å². The summed E-state index contributed by atoms with van der Waals surface area (Å²) in [6.45, 7) is 8.24. The van der Waals surface area contributed by atoms with Gasteiger partial charge >= 0.3 is 5.97 Å². The van der Waals surface area contributed by atoms with Crippen LogP contribution in [0.25, 0.3) is 0 Å². The van der Waals surface area contributed by atoms with Gasteiger partial charge in [0.1, 0.15) is 0 Å². The van der Waals surface area contributed by atoms with Gasteiger partial charge in [-0.15, -0.1) is 0 Å². The van der Waals surface area contributed by atoms with Crippen LogP contribution in [0, 0.1) is 5.92 Å². The largest absolute Gasteiger partial charge is 0.481 e. The SMILES string of the molecule is CCCN(CCCNC(C)=O)CC(C)C(=O)O. The van der Waals surface area contributed by atoms with E-state index in [1.165, 1.54) is 6.92 Å². The molecule has 0 aliphatic carbocycles. The molecule has 1 amide bonds. The third kappa shape index (κ3) is 8.68. The third-order valence-corrected chi connectivity index (χ3v) is 2.52. The molecule has 5 nitrogen and oxygen atoms in total. The Labute approximate surface area is 103 Å². The highest BCUT2D eigenvalue weighted by Gasteiger charge is 2.15. The molecular formula is C12H24N2O3. The van der Waals surface area contributed by atoms with Crippen LogP contribution in [0.1, 0.15) is 33.6 Å². The normalized spacial score (nSPS) is 12.5. The van der Waals surface area contributed by atoms with Crippen LogP contribution in [0.15, 0.2) is 0 Å². The highest BCUT2D eigenvalue weighted by molar-refractivity contribution is 5.72. The van der Waals surface area contributed by atoms with E-state index in [1.807, 2.05) is 0 Å². The van der Waals surface area contributed by atoms with Crippen molar-refractivity contribution >= 4 is 11.9 Å². The number of carboxylic acids is 1. The van der Waals surface area contributed by atoms with E-state index in [4.69, 9.17) is 5.11 Å². The Morgan fingerprint density at radius 1 is 1.35 bits per heavy atom. The van der Waals surface area contributed by atoms with Gasteiger partial charge in [-0.1, -0.05) is 13.8 Å². The molecule has 0 aliphatic heterocycles. The predicted octanol–water partition coefficient (Wildman–Crippen LogP) is 0.945. The summed E-state index contributed by atoms with van der Waals surface area (Å²) in [5.41, 5.74) is 0. The zero-order valence-electron chi connectivity index (χ0n) is 11.0. The van der Waals surface area contributed by atoms with Crippen molar-refractivity contribution in [3.63, 3.8) is 0 Å². The second-order valence-corrected chi connectivity index (χ2v) is 4.38. The lowest BCUT2D eigenvalue weighted by Crippen LogP contribution is -2.35. The van der Waals surface area contributed by atoms with Crippen LogP contribution in [0.5, 0.6) is 0 Å². The molecule has 1 atom stereocenters. The van der Waals surface area contributed by atoms with Crippen LogP contribution in [-0.4, -0.2) is 48.1 Å². The maximum absolute atomic E-state index is 10.8. The van der Waals surface area contributed by atoms with Gasteiger partial charge in [-0.25, -0.2) is 0 Å². The van der Waals surface area contributed by atoms with E-state index in [9.17, 15) is 9.59 Å². The van der Waals surface area contributed by atoms with Crippen molar-refractivity contribution in [1.82, 2.24) is 10.2 Å². The molecule has 0 aliphatic rings. The molecule has 1 unspecified atom stereocenters. The number of carboxylic acid groups (broad SMARTS) is 1. The van der Waals surface area contributed by atoms with Crippen molar-refractivity contribution in [2.24, 2.45) is 5.92 Å². The summed E-state index contributed by atoms with van der Waals surface area (Å²) >= 11 is 0. The molecule has 0 heterocycles. The van der Waals surface area contributed by atoms with E-state index >= 15 is 0 Å². The van der Waals surface area contributed by atoms with E-state index in [0.29, 0.717) is 13.1 Å². The molecular weight excluding hydrogens is 220 g/mol. The standard InChI is InChI=1S/C12H24N2O3/c1-4-7-14(9-10(2)12(16)17)8-5-6-13-11(3)15/h10H,4-9H2,1-3H3,(H,13,15)(H,16,17). The zero-order valence-corrected chi connectivity index (χ0v) is 11.0. The summed E-state index contributed by atoms with van der Waals surface area (Å²) in [7, 11) is 0. The van der Waals surface area contributed by atoms with Crippen molar-refractivity contribution in [3.05, 3.63) is 0 Å². The lowest BCUT2D eigenvalue weighted by molar-refractivity contribution is -0.141. The average molecular weight is 244 g/mol. The summed E-state index contributed by atoms with van der Waals surface area (Å²) < 4.78 is 0. The van der Waals surface area contributed by atoms with Gasteiger partial charge < -0.3 is 15.3 Å². The van der Waals surface area contributed by atoms with Crippen LogP contribution in [-0.2, 0) is 9.59 Å². The molecule has 0 rings (SSSR count). The van der Waals surface area contributed by atoms with E-state index in [1.54, 1.807) is 6.92 Å². The molecule has 0 aromatic rings. The Balaban J connectivity index is 3.89. The highest BCUT2D eigenvalue weighted by atomic mass is 16.4. The Bertz CT molecular complexity index is 244. The molecule has 0 radical (unpaired) electrons. The molecule has 0 saturated carbocycles. The fourth-order valence-electron chi connectivity index (χ4n) is 1.64. The van der Waals surface area contributed by atoms with Crippen molar-refractivity contribution in [2.75, 3.05) is 26.2 Å². The quantitative estimate of drug-likeness (QED) is 0.592. The van der Waals surface area contributed by atoms with Crippen LogP contribution >= 0.6 is 0 Å². The van der Waals surface area contributed by atoms with E-state index < -0.39 is 5.97 Å².